The molecule has 0 unspecified atom stereocenters. The van der Waals surface area contributed by atoms with Gasteiger partial charge in [-0.3, -0.25) is 0 Å². The molecule has 1 aliphatic carbocycles. The van der Waals surface area contributed by atoms with Gasteiger partial charge >= 0.3 is 0 Å². The van der Waals surface area contributed by atoms with E-state index in [0.717, 1.165) is 54.0 Å². The minimum Gasteiger partial charge on any atom is -0.494 e. The smallest absolute Gasteiger partial charge is 0.128 e. The van der Waals surface area contributed by atoms with Gasteiger partial charge in [0.15, 0.2) is 0 Å². The molecule has 0 N–H and O–H groups in total. The third kappa shape index (κ3) is 9.76. The van der Waals surface area contributed by atoms with Crippen molar-refractivity contribution >= 4 is 0 Å². The number of aromatic nitrogens is 2. The predicted molar refractivity (Wildman–Crippen MR) is 144 cm³/mol. The Morgan fingerprint density at radius 3 is 1.91 bits per heavy atom. The largest absolute Gasteiger partial charge is 0.494 e. The molecule has 1 saturated carbocycles. The second-order valence-electron chi connectivity index (χ2n) is 10.4. The van der Waals surface area contributed by atoms with Gasteiger partial charge in [0.25, 0.3) is 0 Å². The Hall–Kier alpha value is -1.90. The second-order valence-corrected chi connectivity index (χ2v) is 10.4. The lowest BCUT2D eigenvalue weighted by Gasteiger charge is -2.28. The van der Waals surface area contributed by atoms with E-state index in [1.165, 1.54) is 89.9 Å². The first-order chi connectivity index (χ1) is 16.8. The molecule has 34 heavy (non-hydrogen) atoms. The summed E-state index contributed by atoms with van der Waals surface area (Å²) >= 11 is 0. The minimum absolute atomic E-state index is 0.811. The number of rotatable bonds is 16. The van der Waals surface area contributed by atoms with Crippen LogP contribution in [0.3, 0.4) is 0 Å². The number of ether oxygens (including phenoxy) is 1. The summed E-state index contributed by atoms with van der Waals surface area (Å²) in [6.45, 7) is 5.38. The molecule has 3 heteroatoms. The molecule has 188 valence electrons. The summed E-state index contributed by atoms with van der Waals surface area (Å²) in [6.07, 6.45) is 25.3. The summed E-state index contributed by atoms with van der Waals surface area (Å²) in [7, 11) is 0. The lowest BCUT2D eigenvalue weighted by Crippen LogP contribution is -2.15. The molecular formula is C31H48N2O. The number of hydrogen-bond acceptors (Lipinski definition) is 3. The predicted octanol–water partition coefficient (Wildman–Crippen LogP) is 9.20. The molecule has 0 atom stereocenters. The molecule has 1 aromatic heterocycles. The maximum Gasteiger partial charge on any atom is 0.128 e. The summed E-state index contributed by atoms with van der Waals surface area (Å²) in [5, 5.41) is 0. The van der Waals surface area contributed by atoms with Crippen molar-refractivity contribution in [3.05, 3.63) is 42.5 Å². The highest BCUT2D eigenvalue weighted by molar-refractivity contribution is 5.62. The zero-order chi connectivity index (χ0) is 23.8. The van der Waals surface area contributed by atoms with Crippen LogP contribution >= 0.6 is 0 Å². The normalized spacial score (nSPS) is 18.2. The van der Waals surface area contributed by atoms with Gasteiger partial charge in [0.2, 0.25) is 0 Å². The molecule has 0 radical (unpaired) electrons. The maximum atomic E-state index is 5.93. The van der Waals surface area contributed by atoms with Gasteiger partial charge in [-0.1, -0.05) is 109 Å². The van der Waals surface area contributed by atoms with Crippen LogP contribution in [0.5, 0.6) is 5.75 Å². The summed E-state index contributed by atoms with van der Waals surface area (Å²) in [6, 6.07) is 8.38. The maximum absolute atomic E-state index is 5.93. The second kappa shape index (κ2) is 15.9. The number of benzene rings is 1. The average molecular weight is 465 g/mol. The van der Waals surface area contributed by atoms with Crippen molar-refractivity contribution in [3.63, 3.8) is 0 Å². The van der Waals surface area contributed by atoms with Gasteiger partial charge in [0.05, 0.1) is 6.61 Å². The van der Waals surface area contributed by atoms with Crippen LogP contribution in [0, 0.1) is 11.8 Å². The van der Waals surface area contributed by atoms with Crippen molar-refractivity contribution in [2.24, 2.45) is 11.8 Å². The van der Waals surface area contributed by atoms with Crippen LogP contribution in [0.2, 0.25) is 0 Å². The summed E-state index contributed by atoms with van der Waals surface area (Å²) < 4.78 is 5.93. The van der Waals surface area contributed by atoms with E-state index in [2.05, 4.69) is 48.1 Å². The Kier molecular flexibility index (Phi) is 12.5. The van der Waals surface area contributed by atoms with E-state index in [9.17, 15) is 0 Å². The van der Waals surface area contributed by atoms with E-state index in [1.807, 2.05) is 12.4 Å². The fraction of sp³-hybridized carbons (Fsp3) is 0.677. The molecule has 3 nitrogen and oxygen atoms in total. The van der Waals surface area contributed by atoms with Crippen LogP contribution in [-0.2, 0) is 6.42 Å². The Balaban J connectivity index is 1.33. The Labute approximate surface area is 209 Å². The zero-order valence-corrected chi connectivity index (χ0v) is 21.9. The van der Waals surface area contributed by atoms with Gasteiger partial charge in [-0.2, -0.15) is 0 Å². The number of aryl methyl sites for hydroxylation is 1. The van der Waals surface area contributed by atoms with Crippen molar-refractivity contribution in [2.75, 3.05) is 6.61 Å². The molecule has 0 amide bonds. The van der Waals surface area contributed by atoms with Crippen LogP contribution < -0.4 is 4.74 Å². The van der Waals surface area contributed by atoms with E-state index < -0.39 is 0 Å². The van der Waals surface area contributed by atoms with Crippen molar-refractivity contribution < 1.29 is 4.74 Å². The molecule has 0 saturated heterocycles. The lowest BCUT2D eigenvalue weighted by atomic mass is 9.78. The molecule has 0 aliphatic heterocycles. The van der Waals surface area contributed by atoms with Gasteiger partial charge in [-0.05, 0) is 42.4 Å². The number of nitrogens with zero attached hydrogens (tertiary/aromatic N) is 2. The van der Waals surface area contributed by atoms with Crippen LogP contribution in [0.1, 0.15) is 116 Å². The molecule has 1 aliphatic rings. The topological polar surface area (TPSA) is 35.0 Å². The van der Waals surface area contributed by atoms with Crippen LogP contribution in [0.15, 0.2) is 36.7 Å². The molecule has 0 bridgehead atoms. The van der Waals surface area contributed by atoms with E-state index in [1.54, 1.807) is 0 Å². The fourth-order valence-electron chi connectivity index (χ4n) is 5.26. The zero-order valence-electron chi connectivity index (χ0n) is 21.9. The Morgan fingerprint density at radius 1 is 0.676 bits per heavy atom. The number of unbranched alkanes of at least 4 members (excludes halogenated alkanes) is 7. The third-order valence-electron chi connectivity index (χ3n) is 7.62. The molecule has 1 heterocycles. The van der Waals surface area contributed by atoms with Crippen molar-refractivity contribution in [1.82, 2.24) is 9.97 Å². The van der Waals surface area contributed by atoms with Crippen LogP contribution in [0.4, 0.5) is 0 Å². The first-order valence-electron chi connectivity index (χ1n) is 14.3. The highest BCUT2D eigenvalue weighted by Crippen LogP contribution is 2.34. The van der Waals surface area contributed by atoms with Gasteiger partial charge in [-0.15, -0.1) is 0 Å². The first-order valence-corrected chi connectivity index (χ1v) is 14.3. The van der Waals surface area contributed by atoms with Crippen molar-refractivity contribution in [2.45, 2.75) is 117 Å². The Morgan fingerprint density at radius 2 is 1.26 bits per heavy atom. The van der Waals surface area contributed by atoms with E-state index in [4.69, 9.17) is 4.74 Å². The van der Waals surface area contributed by atoms with Crippen LogP contribution in [0.25, 0.3) is 11.1 Å². The van der Waals surface area contributed by atoms with Gasteiger partial charge in [0.1, 0.15) is 11.6 Å². The van der Waals surface area contributed by atoms with Gasteiger partial charge in [0, 0.05) is 24.4 Å². The highest BCUT2D eigenvalue weighted by atomic mass is 16.5. The molecule has 1 fully saturated rings. The van der Waals surface area contributed by atoms with Crippen molar-refractivity contribution in [3.8, 4) is 16.9 Å². The van der Waals surface area contributed by atoms with Gasteiger partial charge in [-0.25, -0.2) is 9.97 Å². The lowest BCUT2D eigenvalue weighted by molar-refractivity contribution is 0.249. The third-order valence-corrected chi connectivity index (χ3v) is 7.62. The molecule has 3 rings (SSSR count). The highest BCUT2D eigenvalue weighted by Gasteiger charge is 2.20. The quantitative estimate of drug-likeness (QED) is 0.232. The van der Waals surface area contributed by atoms with E-state index in [-0.39, 0.29) is 0 Å². The van der Waals surface area contributed by atoms with Crippen LogP contribution in [-0.4, -0.2) is 16.6 Å². The van der Waals surface area contributed by atoms with E-state index in [0.29, 0.717) is 0 Å². The van der Waals surface area contributed by atoms with Crippen molar-refractivity contribution in [1.29, 1.82) is 0 Å². The summed E-state index contributed by atoms with van der Waals surface area (Å²) in [4.78, 5) is 9.34. The standard InChI is InChI=1S/C31H48N2O/c1-3-5-7-8-9-10-11-23-34-30-20-18-28(19-21-30)29-24-32-31(33-25-29)22-17-27-15-13-26(14-16-27)12-6-4-2/h18-21,24-27H,3-17,22-23H2,1-2H3. The SMILES string of the molecule is CCCCCCCCCOc1ccc(-c2cnc(CCC3CCC(CCCC)CC3)nc2)cc1. The minimum atomic E-state index is 0.811. The Bertz CT molecular complexity index is 763. The molecule has 2 aromatic rings. The average Bonchev–Trinajstić information content (AvgIpc) is 2.89. The fourth-order valence-corrected chi connectivity index (χ4v) is 5.26. The molecule has 1 aromatic carbocycles. The number of hydrogen-bond donors (Lipinski definition) is 0. The molecular weight excluding hydrogens is 416 g/mol. The first kappa shape index (κ1) is 26.7. The van der Waals surface area contributed by atoms with E-state index >= 15 is 0 Å². The summed E-state index contributed by atoms with van der Waals surface area (Å²) in [5.74, 6) is 3.81. The monoisotopic (exact) mass is 464 g/mol. The summed E-state index contributed by atoms with van der Waals surface area (Å²) in [5.41, 5.74) is 2.24. The molecule has 0 spiro atoms. The van der Waals surface area contributed by atoms with Gasteiger partial charge < -0.3 is 4.74 Å².